The number of carbonyl (C=O) groups is 1. The number of carbonyl (C=O) groups excluding carboxylic acids is 1. The molecule has 0 aliphatic heterocycles. The second-order valence-corrected chi connectivity index (χ2v) is 6.92. The van der Waals surface area contributed by atoms with Gasteiger partial charge in [0.2, 0.25) is 5.88 Å². The molecule has 0 fully saturated rings. The SMILES string of the molecule is CCOC(=O)c1cnn(-c2nc(OC)c3c(cnn3[C@@H](C)c3cccc(Cl)c3)n2)c1.S. The second kappa shape index (κ2) is 9.36. The van der Waals surface area contributed by atoms with Crippen LogP contribution in [0.5, 0.6) is 5.88 Å². The van der Waals surface area contributed by atoms with Crippen LogP contribution in [0.15, 0.2) is 42.9 Å². The van der Waals surface area contributed by atoms with E-state index in [1.54, 1.807) is 17.8 Å². The van der Waals surface area contributed by atoms with Crippen LogP contribution in [0, 0.1) is 0 Å². The lowest BCUT2D eigenvalue weighted by atomic mass is 10.1. The molecule has 1 atom stereocenters. The van der Waals surface area contributed by atoms with Gasteiger partial charge in [0.15, 0.2) is 0 Å². The molecule has 0 aliphatic rings. The van der Waals surface area contributed by atoms with E-state index in [-0.39, 0.29) is 32.1 Å². The molecule has 0 bridgehead atoms. The van der Waals surface area contributed by atoms with Crippen molar-refractivity contribution in [2.45, 2.75) is 19.9 Å². The number of nitrogens with zero attached hydrogens (tertiary/aromatic N) is 6. The van der Waals surface area contributed by atoms with E-state index in [2.05, 4.69) is 20.2 Å². The summed E-state index contributed by atoms with van der Waals surface area (Å²) in [6.07, 6.45) is 4.56. The van der Waals surface area contributed by atoms with Crippen molar-refractivity contribution in [2.24, 2.45) is 0 Å². The van der Waals surface area contributed by atoms with Gasteiger partial charge in [0.25, 0.3) is 5.95 Å². The Kier molecular flexibility index (Phi) is 6.81. The number of rotatable bonds is 6. The van der Waals surface area contributed by atoms with Crippen LogP contribution in [0.2, 0.25) is 5.02 Å². The van der Waals surface area contributed by atoms with Gasteiger partial charge in [-0.1, -0.05) is 23.7 Å². The van der Waals surface area contributed by atoms with Gasteiger partial charge in [-0.2, -0.15) is 28.7 Å². The molecule has 1 aromatic carbocycles. The lowest BCUT2D eigenvalue weighted by molar-refractivity contribution is 0.0526. The molecular formula is C20H21ClN6O3S. The van der Waals surface area contributed by atoms with Gasteiger partial charge < -0.3 is 9.47 Å². The van der Waals surface area contributed by atoms with Crippen LogP contribution in [0.4, 0.5) is 0 Å². The maximum atomic E-state index is 11.9. The monoisotopic (exact) mass is 460 g/mol. The van der Waals surface area contributed by atoms with Crippen LogP contribution >= 0.6 is 25.1 Å². The summed E-state index contributed by atoms with van der Waals surface area (Å²) in [7, 11) is 1.53. The number of esters is 1. The standard InChI is InChI=1S/C20H19ClN6O3.H2S/c1-4-30-19(28)14-9-22-26(11-14)20-24-16-10-23-27(17(16)18(25-20)29-3)12(2)13-6-5-7-15(21)8-13;/h5-12H,4H2,1-3H3;1H2/t12-;/m0./s1. The zero-order valence-electron chi connectivity index (χ0n) is 17.1. The summed E-state index contributed by atoms with van der Waals surface area (Å²) >= 11 is 6.14. The molecule has 0 radical (unpaired) electrons. The van der Waals surface area contributed by atoms with Crippen LogP contribution in [0.25, 0.3) is 17.0 Å². The smallest absolute Gasteiger partial charge is 0.341 e. The van der Waals surface area contributed by atoms with Crippen LogP contribution < -0.4 is 4.74 Å². The molecule has 0 saturated carbocycles. The van der Waals surface area contributed by atoms with Crippen molar-refractivity contribution in [3.8, 4) is 11.8 Å². The van der Waals surface area contributed by atoms with Crippen molar-refractivity contribution >= 4 is 42.1 Å². The molecule has 4 aromatic rings. The van der Waals surface area contributed by atoms with E-state index in [1.165, 1.54) is 24.2 Å². The van der Waals surface area contributed by atoms with Gasteiger partial charge in [-0.25, -0.2) is 14.5 Å². The molecule has 162 valence electrons. The number of halogens is 1. The minimum absolute atomic E-state index is 0. The van der Waals surface area contributed by atoms with E-state index in [9.17, 15) is 4.79 Å². The zero-order chi connectivity index (χ0) is 21.3. The molecule has 0 spiro atoms. The topological polar surface area (TPSA) is 97.0 Å². The highest BCUT2D eigenvalue weighted by atomic mass is 35.5. The minimum atomic E-state index is -0.458. The molecule has 11 heteroatoms. The summed E-state index contributed by atoms with van der Waals surface area (Å²) in [5.74, 6) is 0.138. The molecule has 31 heavy (non-hydrogen) atoms. The Morgan fingerprint density at radius 1 is 1.23 bits per heavy atom. The van der Waals surface area contributed by atoms with Crippen molar-refractivity contribution in [1.82, 2.24) is 29.5 Å². The van der Waals surface area contributed by atoms with Gasteiger partial charge in [-0.3, -0.25) is 4.68 Å². The fraction of sp³-hybridized carbons (Fsp3) is 0.250. The Bertz CT molecular complexity index is 1220. The zero-order valence-corrected chi connectivity index (χ0v) is 18.9. The average Bonchev–Trinajstić information content (AvgIpc) is 3.40. The van der Waals surface area contributed by atoms with Crippen LogP contribution in [0.1, 0.15) is 35.8 Å². The number of aromatic nitrogens is 6. The van der Waals surface area contributed by atoms with E-state index in [0.717, 1.165) is 5.56 Å². The van der Waals surface area contributed by atoms with E-state index >= 15 is 0 Å². The highest BCUT2D eigenvalue weighted by Gasteiger charge is 2.20. The predicted molar refractivity (Wildman–Crippen MR) is 121 cm³/mol. The van der Waals surface area contributed by atoms with Crippen LogP contribution in [-0.4, -0.2) is 49.2 Å². The minimum Gasteiger partial charge on any atom is -0.479 e. The van der Waals surface area contributed by atoms with Crippen molar-refractivity contribution < 1.29 is 14.3 Å². The Hall–Kier alpha value is -3.11. The summed E-state index contributed by atoms with van der Waals surface area (Å²) in [5, 5.41) is 9.30. The van der Waals surface area contributed by atoms with E-state index < -0.39 is 5.97 Å². The molecule has 0 saturated heterocycles. The first kappa shape index (κ1) is 22.6. The number of ether oxygens (including phenoxy) is 2. The highest BCUT2D eigenvalue weighted by molar-refractivity contribution is 7.59. The first-order valence-corrected chi connectivity index (χ1v) is 9.66. The summed E-state index contributed by atoms with van der Waals surface area (Å²) in [5.41, 5.74) is 2.53. The van der Waals surface area contributed by atoms with Crippen LogP contribution in [-0.2, 0) is 4.74 Å². The first-order chi connectivity index (χ1) is 14.5. The third-order valence-corrected chi connectivity index (χ3v) is 4.83. The molecule has 0 N–H and O–H groups in total. The van der Waals surface area contributed by atoms with E-state index in [0.29, 0.717) is 27.5 Å². The number of hydrogen-bond acceptors (Lipinski definition) is 7. The van der Waals surface area contributed by atoms with Gasteiger partial charge in [0.1, 0.15) is 11.0 Å². The van der Waals surface area contributed by atoms with E-state index in [4.69, 9.17) is 21.1 Å². The summed E-state index contributed by atoms with van der Waals surface area (Å²) < 4.78 is 13.7. The Morgan fingerprint density at radius 2 is 2.03 bits per heavy atom. The van der Waals surface area contributed by atoms with Crippen molar-refractivity contribution in [1.29, 1.82) is 0 Å². The maximum Gasteiger partial charge on any atom is 0.341 e. The highest BCUT2D eigenvalue weighted by Crippen LogP contribution is 2.29. The maximum absolute atomic E-state index is 11.9. The third-order valence-electron chi connectivity index (χ3n) is 4.59. The number of hydrogen-bond donors (Lipinski definition) is 0. The fourth-order valence-electron chi connectivity index (χ4n) is 3.12. The molecule has 3 heterocycles. The van der Waals surface area contributed by atoms with Gasteiger partial charge in [0.05, 0.1) is 37.7 Å². The second-order valence-electron chi connectivity index (χ2n) is 6.48. The first-order valence-electron chi connectivity index (χ1n) is 9.28. The third kappa shape index (κ3) is 4.35. The van der Waals surface area contributed by atoms with Gasteiger partial charge >= 0.3 is 5.97 Å². The molecule has 0 unspecified atom stereocenters. The Labute approximate surface area is 190 Å². The van der Waals surface area contributed by atoms with Gasteiger partial charge in [-0.05, 0) is 31.5 Å². The summed E-state index contributed by atoms with van der Waals surface area (Å²) in [4.78, 5) is 20.9. The number of methoxy groups -OCH3 is 1. The van der Waals surface area contributed by atoms with Crippen LogP contribution in [0.3, 0.4) is 0 Å². The number of benzene rings is 1. The molecule has 9 nitrogen and oxygen atoms in total. The summed E-state index contributed by atoms with van der Waals surface area (Å²) in [6, 6.07) is 7.47. The quantitative estimate of drug-likeness (QED) is 0.406. The molecule has 4 rings (SSSR count). The predicted octanol–water partition coefficient (Wildman–Crippen LogP) is 3.57. The molecule has 0 aliphatic carbocycles. The normalized spacial score (nSPS) is 11.7. The average molecular weight is 461 g/mol. The largest absolute Gasteiger partial charge is 0.479 e. The summed E-state index contributed by atoms with van der Waals surface area (Å²) in [6.45, 7) is 4.03. The van der Waals surface area contributed by atoms with Gasteiger partial charge in [0, 0.05) is 11.2 Å². The fourth-order valence-corrected chi connectivity index (χ4v) is 3.32. The Morgan fingerprint density at radius 3 is 2.74 bits per heavy atom. The van der Waals surface area contributed by atoms with Crippen molar-refractivity contribution in [2.75, 3.05) is 13.7 Å². The number of fused-ring (bicyclic) bond motifs is 1. The molecule has 3 aromatic heterocycles. The molecule has 0 amide bonds. The lowest BCUT2D eigenvalue weighted by Gasteiger charge is -2.15. The van der Waals surface area contributed by atoms with E-state index in [1.807, 2.05) is 31.2 Å². The van der Waals surface area contributed by atoms with Crippen molar-refractivity contribution in [3.63, 3.8) is 0 Å². The van der Waals surface area contributed by atoms with Gasteiger partial charge in [-0.15, -0.1) is 0 Å². The Balaban J connectivity index is 0.00000272. The molecular weight excluding hydrogens is 440 g/mol. The van der Waals surface area contributed by atoms with Crippen molar-refractivity contribution in [3.05, 3.63) is 59.0 Å². The lowest BCUT2D eigenvalue weighted by Crippen LogP contribution is -2.10.